The molecule has 1 aromatic carbocycles. The van der Waals surface area contributed by atoms with Gasteiger partial charge in [-0.1, -0.05) is 44.5 Å². The van der Waals surface area contributed by atoms with Crippen molar-refractivity contribution in [1.29, 1.82) is 0 Å². The summed E-state index contributed by atoms with van der Waals surface area (Å²) in [6.45, 7) is 7.35. The van der Waals surface area contributed by atoms with Gasteiger partial charge in [-0.2, -0.15) is 0 Å². The number of ether oxygens (including phenoxy) is 2. The molecule has 0 radical (unpaired) electrons. The summed E-state index contributed by atoms with van der Waals surface area (Å²) in [7, 11) is 0. The van der Waals surface area contributed by atoms with Gasteiger partial charge >= 0.3 is 5.97 Å². The lowest BCUT2D eigenvalue weighted by atomic mass is 9.87. The number of halogens is 1. The number of nitrogens with zero attached hydrogens (tertiary/aromatic N) is 2. The molecule has 2 aromatic rings. The molecule has 2 unspecified atom stereocenters. The first-order chi connectivity index (χ1) is 10.8. The molecule has 0 saturated heterocycles. The summed E-state index contributed by atoms with van der Waals surface area (Å²) in [6, 6.07) is 7.19. The molecule has 2 atom stereocenters. The van der Waals surface area contributed by atoms with Crippen molar-refractivity contribution in [3.63, 3.8) is 0 Å². The van der Waals surface area contributed by atoms with Crippen molar-refractivity contribution >= 4 is 17.6 Å². The van der Waals surface area contributed by atoms with Crippen LogP contribution in [0.3, 0.4) is 0 Å². The summed E-state index contributed by atoms with van der Waals surface area (Å²) in [5.41, 5.74) is -0.345. The zero-order valence-electron chi connectivity index (χ0n) is 13.7. The average Bonchev–Trinajstić information content (AvgIpc) is 2.97. The fraction of sp³-hybridized carbons (Fsp3) is 0.412. The highest BCUT2D eigenvalue weighted by atomic mass is 35.5. The van der Waals surface area contributed by atoms with Crippen LogP contribution in [0.25, 0.3) is 0 Å². The lowest BCUT2D eigenvalue weighted by molar-refractivity contribution is -0.165. The van der Waals surface area contributed by atoms with Crippen molar-refractivity contribution in [3.8, 4) is 5.75 Å². The van der Waals surface area contributed by atoms with Crippen LogP contribution in [0.1, 0.15) is 33.9 Å². The van der Waals surface area contributed by atoms with Crippen molar-refractivity contribution < 1.29 is 14.3 Å². The molecule has 124 valence electrons. The normalized spacial score (nSPS) is 14.1. The van der Waals surface area contributed by atoms with Gasteiger partial charge in [-0.25, -0.2) is 4.98 Å². The van der Waals surface area contributed by atoms with Gasteiger partial charge in [0, 0.05) is 24.7 Å². The Bertz CT molecular complexity index is 650. The minimum atomic E-state index is -0.582. The Morgan fingerprint density at radius 2 is 2.00 bits per heavy atom. The maximum Gasteiger partial charge on any atom is 0.303 e. The molecule has 0 N–H and O–H groups in total. The van der Waals surface area contributed by atoms with Crippen LogP contribution in [0.15, 0.2) is 43.0 Å². The van der Waals surface area contributed by atoms with E-state index in [1.165, 1.54) is 6.92 Å². The van der Waals surface area contributed by atoms with Crippen LogP contribution >= 0.6 is 11.6 Å². The monoisotopic (exact) mass is 336 g/mol. The molecule has 2 rings (SSSR count). The highest BCUT2D eigenvalue weighted by Gasteiger charge is 2.38. The molecule has 0 aliphatic heterocycles. The van der Waals surface area contributed by atoms with E-state index in [2.05, 4.69) is 4.98 Å². The summed E-state index contributed by atoms with van der Waals surface area (Å²) in [5.74, 6) is 0.159. The first-order valence-electron chi connectivity index (χ1n) is 7.35. The maximum absolute atomic E-state index is 11.6. The van der Waals surface area contributed by atoms with E-state index in [9.17, 15) is 4.79 Å². The van der Waals surface area contributed by atoms with Gasteiger partial charge < -0.3 is 9.47 Å². The average molecular weight is 337 g/mol. The summed E-state index contributed by atoms with van der Waals surface area (Å²) < 4.78 is 13.4. The summed E-state index contributed by atoms with van der Waals surface area (Å²) in [6.07, 6.45) is 3.94. The van der Waals surface area contributed by atoms with E-state index in [1.807, 2.05) is 32.9 Å². The highest BCUT2D eigenvalue weighted by Crippen LogP contribution is 2.35. The zero-order valence-corrected chi connectivity index (χ0v) is 14.4. The highest BCUT2D eigenvalue weighted by molar-refractivity contribution is 6.32. The van der Waals surface area contributed by atoms with E-state index < -0.39 is 12.3 Å². The number of esters is 1. The summed E-state index contributed by atoms with van der Waals surface area (Å²) in [5, 5.41) is 0.494. The zero-order chi connectivity index (χ0) is 17.0. The van der Waals surface area contributed by atoms with E-state index in [4.69, 9.17) is 21.1 Å². The third kappa shape index (κ3) is 4.48. The fourth-order valence-electron chi connectivity index (χ4n) is 2.21. The van der Waals surface area contributed by atoms with Crippen LogP contribution in [-0.4, -0.2) is 21.6 Å². The van der Waals surface area contributed by atoms with Crippen molar-refractivity contribution in [2.45, 2.75) is 40.0 Å². The van der Waals surface area contributed by atoms with Crippen LogP contribution in [-0.2, 0) is 9.53 Å². The largest absolute Gasteiger partial charge is 0.465 e. The third-order valence-corrected chi connectivity index (χ3v) is 3.62. The fourth-order valence-corrected chi connectivity index (χ4v) is 2.39. The van der Waals surface area contributed by atoms with E-state index in [-0.39, 0.29) is 11.4 Å². The number of rotatable bonds is 5. The van der Waals surface area contributed by atoms with Gasteiger partial charge in [0.25, 0.3) is 0 Å². The minimum Gasteiger partial charge on any atom is -0.465 e. The Labute approximate surface area is 141 Å². The molecule has 0 aliphatic carbocycles. The van der Waals surface area contributed by atoms with Gasteiger partial charge in [-0.15, -0.1) is 0 Å². The number of carbonyl (C=O) groups is 1. The molecule has 23 heavy (non-hydrogen) atoms. The summed E-state index contributed by atoms with van der Waals surface area (Å²) >= 11 is 6.20. The first kappa shape index (κ1) is 17.3. The van der Waals surface area contributed by atoms with E-state index in [0.29, 0.717) is 10.8 Å². The molecule has 0 saturated carbocycles. The van der Waals surface area contributed by atoms with Crippen LogP contribution in [0, 0.1) is 5.41 Å². The van der Waals surface area contributed by atoms with Crippen LogP contribution < -0.4 is 4.74 Å². The molecular weight excluding hydrogens is 316 g/mol. The van der Waals surface area contributed by atoms with Gasteiger partial charge in [0.1, 0.15) is 5.75 Å². The van der Waals surface area contributed by atoms with E-state index in [0.717, 1.165) is 0 Å². The van der Waals surface area contributed by atoms with Crippen molar-refractivity contribution in [2.75, 3.05) is 0 Å². The van der Waals surface area contributed by atoms with E-state index >= 15 is 0 Å². The smallest absolute Gasteiger partial charge is 0.303 e. The predicted molar refractivity (Wildman–Crippen MR) is 88.4 cm³/mol. The Hall–Kier alpha value is -2.01. The van der Waals surface area contributed by atoms with Crippen molar-refractivity contribution in [3.05, 3.63) is 48.0 Å². The predicted octanol–water partition coefficient (Wildman–Crippen LogP) is 4.09. The van der Waals surface area contributed by atoms with Gasteiger partial charge in [-0.05, 0) is 12.1 Å². The van der Waals surface area contributed by atoms with Gasteiger partial charge in [-0.3, -0.25) is 9.36 Å². The lowest BCUT2D eigenvalue weighted by Crippen LogP contribution is -2.41. The standard InChI is InChI=1S/C17H21ClN2O3/c1-12(21)22-15(17(2,3)4)16(20-10-9-19-11-20)23-14-8-6-5-7-13(14)18/h5-11,15-16H,1-4H3. The molecule has 5 nitrogen and oxygen atoms in total. The number of hydrogen-bond donors (Lipinski definition) is 0. The number of carbonyl (C=O) groups excluding carboxylic acids is 1. The lowest BCUT2D eigenvalue weighted by Gasteiger charge is -2.36. The van der Waals surface area contributed by atoms with Crippen LogP contribution in [0.2, 0.25) is 5.02 Å². The molecule has 6 heteroatoms. The second-order valence-electron chi connectivity index (χ2n) is 6.34. The number of imidazole rings is 1. The van der Waals surface area contributed by atoms with Gasteiger partial charge in [0.2, 0.25) is 6.23 Å². The molecule has 0 aliphatic rings. The van der Waals surface area contributed by atoms with Crippen LogP contribution in [0.4, 0.5) is 0 Å². The summed E-state index contributed by atoms with van der Waals surface area (Å²) in [4.78, 5) is 15.6. The number of para-hydroxylation sites is 1. The second kappa shape index (κ2) is 7.04. The topological polar surface area (TPSA) is 53.4 Å². The molecule has 0 amide bonds. The molecule has 0 spiro atoms. The van der Waals surface area contributed by atoms with Crippen LogP contribution in [0.5, 0.6) is 5.75 Å². The molecule has 1 heterocycles. The molecule has 0 fully saturated rings. The Morgan fingerprint density at radius 1 is 1.30 bits per heavy atom. The first-order valence-corrected chi connectivity index (χ1v) is 7.72. The number of benzene rings is 1. The van der Waals surface area contributed by atoms with Gasteiger partial charge in [0.05, 0.1) is 11.3 Å². The molecule has 1 aromatic heterocycles. The third-order valence-electron chi connectivity index (χ3n) is 3.31. The Balaban J connectivity index is 2.40. The van der Waals surface area contributed by atoms with Gasteiger partial charge in [0.15, 0.2) is 6.10 Å². The number of hydrogen-bond acceptors (Lipinski definition) is 4. The Kier molecular flexibility index (Phi) is 5.31. The maximum atomic E-state index is 11.6. The number of aromatic nitrogens is 2. The second-order valence-corrected chi connectivity index (χ2v) is 6.75. The SMILES string of the molecule is CC(=O)OC(C(Oc1ccccc1Cl)n1ccnc1)C(C)(C)C. The van der Waals surface area contributed by atoms with Crippen molar-refractivity contribution in [1.82, 2.24) is 9.55 Å². The van der Waals surface area contributed by atoms with E-state index in [1.54, 1.807) is 35.4 Å². The minimum absolute atomic E-state index is 0.345. The van der Waals surface area contributed by atoms with Crippen molar-refractivity contribution in [2.24, 2.45) is 5.41 Å². The Morgan fingerprint density at radius 3 is 2.52 bits per heavy atom. The molecule has 0 bridgehead atoms. The quantitative estimate of drug-likeness (QED) is 0.772. The molecular formula is C17H21ClN2O3.